The quantitative estimate of drug-likeness (QED) is 0.422. The first-order valence-corrected chi connectivity index (χ1v) is 8.34. The van der Waals surface area contributed by atoms with Gasteiger partial charge in [0.2, 0.25) is 5.90 Å². The molecule has 0 aliphatic carbocycles. The molecule has 0 amide bonds. The SMILES string of the molecule is C=C(CC)CC(=CC(=NC)Oc1ccc(CN)cc1)C(C)CC. The molecular weight excluding hydrogens is 284 g/mol. The Morgan fingerprint density at radius 3 is 2.43 bits per heavy atom. The van der Waals surface area contributed by atoms with Crippen LogP contribution in [0.4, 0.5) is 0 Å². The summed E-state index contributed by atoms with van der Waals surface area (Å²) in [6, 6.07) is 7.80. The molecule has 0 fully saturated rings. The maximum Gasteiger partial charge on any atom is 0.214 e. The third kappa shape index (κ3) is 6.41. The van der Waals surface area contributed by atoms with Gasteiger partial charge in [-0.25, -0.2) is 0 Å². The monoisotopic (exact) mass is 314 g/mol. The van der Waals surface area contributed by atoms with Gasteiger partial charge in [-0.05, 0) is 42.9 Å². The molecule has 0 aliphatic rings. The highest BCUT2D eigenvalue weighted by atomic mass is 16.5. The van der Waals surface area contributed by atoms with Crippen molar-refractivity contribution in [1.82, 2.24) is 0 Å². The summed E-state index contributed by atoms with van der Waals surface area (Å²) in [5, 5.41) is 0. The molecule has 0 saturated carbocycles. The number of benzene rings is 1. The first-order valence-electron chi connectivity index (χ1n) is 8.34. The Bertz CT molecular complexity index is 556. The van der Waals surface area contributed by atoms with Crippen LogP contribution in [0.15, 0.2) is 53.1 Å². The molecule has 23 heavy (non-hydrogen) atoms. The van der Waals surface area contributed by atoms with E-state index < -0.39 is 0 Å². The van der Waals surface area contributed by atoms with Crippen molar-refractivity contribution in [3.8, 4) is 5.75 Å². The summed E-state index contributed by atoms with van der Waals surface area (Å²) in [5.41, 5.74) is 9.26. The molecule has 0 radical (unpaired) electrons. The summed E-state index contributed by atoms with van der Waals surface area (Å²) in [6.07, 6.45) is 5.05. The minimum Gasteiger partial charge on any atom is -0.439 e. The second-order valence-corrected chi connectivity index (χ2v) is 5.82. The van der Waals surface area contributed by atoms with Crippen LogP contribution in [0.1, 0.15) is 45.6 Å². The maximum absolute atomic E-state index is 5.91. The maximum atomic E-state index is 5.91. The van der Waals surface area contributed by atoms with Crippen molar-refractivity contribution in [1.29, 1.82) is 0 Å². The number of hydrogen-bond acceptors (Lipinski definition) is 3. The van der Waals surface area contributed by atoms with E-state index in [9.17, 15) is 0 Å². The fourth-order valence-electron chi connectivity index (χ4n) is 2.16. The Kier molecular flexibility index (Phi) is 8.35. The third-order valence-corrected chi connectivity index (χ3v) is 4.11. The van der Waals surface area contributed by atoms with Crippen molar-refractivity contribution in [3.63, 3.8) is 0 Å². The minimum atomic E-state index is 0.485. The molecule has 0 spiro atoms. The molecule has 1 aromatic rings. The number of nitrogens with zero attached hydrogens (tertiary/aromatic N) is 1. The molecule has 0 aromatic heterocycles. The lowest BCUT2D eigenvalue weighted by Crippen LogP contribution is -2.09. The number of allylic oxidation sites excluding steroid dienone is 2. The summed E-state index contributed by atoms with van der Waals surface area (Å²) < 4.78 is 5.91. The van der Waals surface area contributed by atoms with E-state index in [-0.39, 0.29) is 0 Å². The van der Waals surface area contributed by atoms with Gasteiger partial charge in [-0.15, -0.1) is 0 Å². The summed E-state index contributed by atoms with van der Waals surface area (Å²) in [7, 11) is 1.75. The topological polar surface area (TPSA) is 47.6 Å². The van der Waals surface area contributed by atoms with Crippen molar-refractivity contribution in [2.75, 3.05) is 7.05 Å². The van der Waals surface area contributed by atoms with E-state index in [0.717, 1.165) is 30.6 Å². The van der Waals surface area contributed by atoms with E-state index in [1.807, 2.05) is 24.3 Å². The molecule has 0 aliphatic heterocycles. The zero-order valence-electron chi connectivity index (χ0n) is 14.9. The predicted molar refractivity (Wildman–Crippen MR) is 99.9 cm³/mol. The van der Waals surface area contributed by atoms with Crippen LogP contribution in [0.2, 0.25) is 0 Å². The molecular formula is C20H30N2O. The van der Waals surface area contributed by atoms with Gasteiger partial charge in [0.1, 0.15) is 5.75 Å². The summed E-state index contributed by atoms with van der Waals surface area (Å²) >= 11 is 0. The smallest absolute Gasteiger partial charge is 0.214 e. The second kappa shape index (κ2) is 10.0. The van der Waals surface area contributed by atoms with E-state index >= 15 is 0 Å². The van der Waals surface area contributed by atoms with Crippen LogP contribution >= 0.6 is 0 Å². The average molecular weight is 314 g/mol. The van der Waals surface area contributed by atoms with Gasteiger partial charge in [-0.2, -0.15) is 0 Å². The lowest BCUT2D eigenvalue weighted by Gasteiger charge is -2.16. The van der Waals surface area contributed by atoms with Gasteiger partial charge in [-0.3, -0.25) is 4.99 Å². The third-order valence-electron chi connectivity index (χ3n) is 4.11. The first-order chi connectivity index (χ1) is 11.0. The van der Waals surface area contributed by atoms with Gasteiger partial charge < -0.3 is 10.5 Å². The molecule has 2 N–H and O–H groups in total. The van der Waals surface area contributed by atoms with Crippen LogP contribution in [0.25, 0.3) is 0 Å². The Morgan fingerprint density at radius 1 is 1.30 bits per heavy atom. The van der Waals surface area contributed by atoms with E-state index in [1.165, 1.54) is 11.1 Å². The van der Waals surface area contributed by atoms with Crippen molar-refractivity contribution < 1.29 is 4.74 Å². The van der Waals surface area contributed by atoms with Gasteiger partial charge in [0.15, 0.2) is 0 Å². The molecule has 0 saturated heterocycles. The van der Waals surface area contributed by atoms with Crippen LogP contribution < -0.4 is 10.5 Å². The van der Waals surface area contributed by atoms with Gasteiger partial charge in [0.05, 0.1) is 0 Å². The lowest BCUT2D eigenvalue weighted by molar-refractivity contribution is 0.550. The fraction of sp³-hybridized carbons (Fsp3) is 0.450. The second-order valence-electron chi connectivity index (χ2n) is 5.82. The highest BCUT2D eigenvalue weighted by Crippen LogP contribution is 2.23. The van der Waals surface area contributed by atoms with Crippen molar-refractivity contribution in [3.05, 3.63) is 53.6 Å². The van der Waals surface area contributed by atoms with Crippen LogP contribution in [-0.2, 0) is 6.54 Å². The minimum absolute atomic E-state index is 0.485. The highest BCUT2D eigenvalue weighted by Gasteiger charge is 2.10. The Balaban J connectivity index is 2.93. The number of hydrogen-bond donors (Lipinski definition) is 1. The summed E-state index contributed by atoms with van der Waals surface area (Å²) in [6.45, 7) is 11.2. The van der Waals surface area contributed by atoms with E-state index in [4.69, 9.17) is 10.5 Å². The van der Waals surface area contributed by atoms with E-state index in [0.29, 0.717) is 18.4 Å². The number of nitrogens with two attached hydrogens (primary N) is 1. The molecule has 0 bridgehead atoms. The number of rotatable bonds is 8. The van der Waals surface area contributed by atoms with E-state index in [1.54, 1.807) is 7.05 Å². The lowest BCUT2D eigenvalue weighted by atomic mass is 9.91. The fourth-order valence-corrected chi connectivity index (χ4v) is 2.16. The first kappa shape index (κ1) is 19.2. The highest BCUT2D eigenvalue weighted by molar-refractivity contribution is 5.90. The Labute approximate surface area is 141 Å². The van der Waals surface area contributed by atoms with Crippen LogP contribution in [-0.4, -0.2) is 12.9 Å². The summed E-state index contributed by atoms with van der Waals surface area (Å²) in [4.78, 5) is 4.28. The molecule has 3 heteroatoms. The van der Waals surface area contributed by atoms with Gasteiger partial charge in [0, 0.05) is 19.7 Å². The van der Waals surface area contributed by atoms with Gasteiger partial charge in [-0.1, -0.05) is 50.6 Å². The van der Waals surface area contributed by atoms with E-state index in [2.05, 4.69) is 38.4 Å². The largest absolute Gasteiger partial charge is 0.439 e. The molecule has 1 atom stereocenters. The number of aliphatic imine (C=N–C) groups is 1. The molecule has 1 unspecified atom stereocenters. The van der Waals surface area contributed by atoms with Crippen LogP contribution in [0.3, 0.4) is 0 Å². The van der Waals surface area contributed by atoms with Crippen molar-refractivity contribution >= 4 is 5.90 Å². The standard InChI is InChI=1S/C20H30N2O/c1-6-15(3)12-18(16(4)7-2)13-20(22-5)23-19-10-8-17(14-21)9-11-19/h8-11,13,16H,3,6-7,12,14,21H2,1-2,4-5H3. The molecule has 0 heterocycles. The molecule has 3 nitrogen and oxygen atoms in total. The zero-order valence-corrected chi connectivity index (χ0v) is 14.9. The predicted octanol–water partition coefficient (Wildman–Crippen LogP) is 4.88. The molecule has 1 rings (SSSR count). The van der Waals surface area contributed by atoms with Crippen LogP contribution in [0, 0.1) is 5.92 Å². The number of ether oxygens (including phenoxy) is 1. The normalized spacial score (nSPS) is 13.8. The molecule has 126 valence electrons. The zero-order chi connectivity index (χ0) is 17.2. The van der Waals surface area contributed by atoms with Gasteiger partial charge >= 0.3 is 0 Å². The summed E-state index contributed by atoms with van der Waals surface area (Å²) in [5.74, 6) is 1.89. The average Bonchev–Trinajstić information content (AvgIpc) is 2.59. The Morgan fingerprint density at radius 2 is 1.96 bits per heavy atom. The van der Waals surface area contributed by atoms with Crippen molar-refractivity contribution in [2.45, 2.75) is 46.6 Å². The van der Waals surface area contributed by atoms with Crippen LogP contribution in [0.5, 0.6) is 5.75 Å². The van der Waals surface area contributed by atoms with Gasteiger partial charge in [0.25, 0.3) is 0 Å². The Hall–Kier alpha value is -1.87. The molecule has 1 aromatic carbocycles. The van der Waals surface area contributed by atoms with Crippen molar-refractivity contribution in [2.24, 2.45) is 16.6 Å².